The Bertz CT molecular complexity index is 604. The molecule has 0 fully saturated rings. The van der Waals surface area contributed by atoms with Gasteiger partial charge in [-0.25, -0.2) is 0 Å². The summed E-state index contributed by atoms with van der Waals surface area (Å²) in [5, 5.41) is 1.02. The molecular formula is C15H18N2OS. The summed E-state index contributed by atoms with van der Waals surface area (Å²) in [6.45, 7) is 4.44. The normalized spacial score (nSPS) is 10.5. The van der Waals surface area contributed by atoms with Crippen LogP contribution in [0.15, 0.2) is 30.3 Å². The number of nitrogen functional groups attached to an aromatic ring is 1. The molecule has 1 aromatic heterocycles. The van der Waals surface area contributed by atoms with Gasteiger partial charge in [-0.3, -0.25) is 4.79 Å². The van der Waals surface area contributed by atoms with E-state index in [0.29, 0.717) is 10.6 Å². The van der Waals surface area contributed by atoms with Crippen LogP contribution in [0.4, 0.5) is 10.7 Å². The fraction of sp³-hybridized carbons (Fsp3) is 0.267. The number of rotatable bonds is 4. The molecule has 0 amide bonds. The molecule has 0 aliphatic rings. The van der Waals surface area contributed by atoms with Gasteiger partial charge in [-0.1, -0.05) is 29.8 Å². The number of carbonyl (C=O) groups is 1. The van der Waals surface area contributed by atoms with Gasteiger partial charge in [0.2, 0.25) is 0 Å². The van der Waals surface area contributed by atoms with Gasteiger partial charge in [0.15, 0.2) is 5.78 Å². The molecule has 2 rings (SSSR count). The van der Waals surface area contributed by atoms with Crippen molar-refractivity contribution in [3.63, 3.8) is 0 Å². The smallest absolute Gasteiger partial charge is 0.171 e. The van der Waals surface area contributed by atoms with Crippen LogP contribution >= 0.6 is 11.3 Å². The van der Waals surface area contributed by atoms with Gasteiger partial charge in [0.25, 0.3) is 0 Å². The number of ketones is 1. The molecule has 0 saturated heterocycles. The maximum absolute atomic E-state index is 11.4. The SMILES string of the molecule is CC(=O)c1sc(N(C)Cc2cccc(C)c2)cc1N. The summed E-state index contributed by atoms with van der Waals surface area (Å²) in [5.41, 5.74) is 8.93. The molecule has 1 heterocycles. The zero-order chi connectivity index (χ0) is 14.0. The minimum absolute atomic E-state index is 0.0257. The van der Waals surface area contributed by atoms with Gasteiger partial charge >= 0.3 is 0 Å². The summed E-state index contributed by atoms with van der Waals surface area (Å²) in [4.78, 5) is 14.2. The van der Waals surface area contributed by atoms with Gasteiger partial charge in [0, 0.05) is 20.5 Å². The number of carbonyl (C=O) groups excluding carboxylic acids is 1. The first kappa shape index (κ1) is 13.6. The minimum atomic E-state index is 0.0257. The van der Waals surface area contributed by atoms with E-state index in [9.17, 15) is 4.79 Å². The lowest BCUT2D eigenvalue weighted by Crippen LogP contribution is -2.14. The molecule has 100 valence electrons. The Kier molecular flexibility index (Phi) is 3.90. The first-order valence-corrected chi connectivity index (χ1v) is 6.96. The molecule has 0 radical (unpaired) electrons. The van der Waals surface area contributed by atoms with Crippen LogP contribution in [-0.2, 0) is 6.54 Å². The van der Waals surface area contributed by atoms with Crippen LogP contribution in [0.5, 0.6) is 0 Å². The maximum atomic E-state index is 11.4. The fourth-order valence-corrected chi connectivity index (χ4v) is 2.95. The average Bonchev–Trinajstić information content (AvgIpc) is 2.71. The zero-order valence-corrected chi connectivity index (χ0v) is 12.3. The molecule has 2 aromatic rings. The van der Waals surface area contributed by atoms with Gasteiger partial charge in [-0.05, 0) is 18.6 Å². The number of nitrogens with zero attached hydrogens (tertiary/aromatic N) is 1. The third-order valence-electron chi connectivity index (χ3n) is 2.95. The number of anilines is 2. The van der Waals surface area contributed by atoms with Crippen LogP contribution in [0.25, 0.3) is 0 Å². The summed E-state index contributed by atoms with van der Waals surface area (Å²) in [7, 11) is 2.01. The zero-order valence-electron chi connectivity index (χ0n) is 11.4. The molecule has 19 heavy (non-hydrogen) atoms. The van der Waals surface area contributed by atoms with Gasteiger partial charge in [-0.15, -0.1) is 11.3 Å². The standard InChI is InChI=1S/C15H18N2OS/c1-10-5-4-6-12(7-10)9-17(3)14-8-13(16)15(19-14)11(2)18/h4-8H,9,16H2,1-3H3. The minimum Gasteiger partial charge on any atom is -0.397 e. The van der Waals surface area contributed by atoms with Crippen LogP contribution in [0.3, 0.4) is 0 Å². The Morgan fingerprint density at radius 2 is 2.11 bits per heavy atom. The molecule has 0 aliphatic heterocycles. The van der Waals surface area contributed by atoms with E-state index in [4.69, 9.17) is 5.73 Å². The van der Waals surface area contributed by atoms with Crippen molar-refractivity contribution >= 4 is 27.8 Å². The Morgan fingerprint density at radius 1 is 1.37 bits per heavy atom. The van der Waals surface area contributed by atoms with E-state index < -0.39 is 0 Å². The average molecular weight is 274 g/mol. The predicted molar refractivity (Wildman–Crippen MR) is 82.0 cm³/mol. The van der Waals surface area contributed by atoms with E-state index in [-0.39, 0.29) is 5.78 Å². The molecule has 2 N–H and O–H groups in total. The fourth-order valence-electron chi connectivity index (χ4n) is 2.02. The van der Waals surface area contributed by atoms with Crippen molar-refractivity contribution in [2.24, 2.45) is 0 Å². The highest BCUT2D eigenvalue weighted by Gasteiger charge is 2.13. The first-order valence-electron chi connectivity index (χ1n) is 6.14. The van der Waals surface area contributed by atoms with Crippen molar-refractivity contribution in [1.82, 2.24) is 0 Å². The second-order valence-corrected chi connectivity index (χ2v) is 5.80. The topological polar surface area (TPSA) is 46.3 Å². The summed E-state index contributed by atoms with van der Waals surface area (Å²) in [6, 6.07) is 10.3. The first-order chi connectivity index (χ1) is 8.97. The molecule has 0 aliphatic carbocycles. The third-order valence-corrected chi connectivity index (χ3v) is 4.31. The van der Waals surface area contributed by atoms with Crippen molar-refractivity contribution in [2.75, 3.05) is 17.7 Å². The number of hydrogen-bond acceptors (Lipinski definition) is 4. The molecule has 0 unspecified atom stereocenters. The molecule has 3 nitrogen and oxygen atoms in total. The molecule has 0 bridgehead atoms. The molecule has 4 heteroatoms. The molecular weight excluding hydrogens is 256 g/mol. The second-order valence-electron chi connectivity index (χ2n) is 4.77. The van der Waals surface area contributed by atoms with E-state index in [2.05, 4.69) is 36.1 Å². The van der Waals surface area contributed by atoms with Crippen molar-refractivity contribution in [3.05, 3.63) is 46.3 Å². The lowest BCUT2D eigenvalue weighted by atomic mass is 10.1. The number of aryl methyl sites for hydroxylation is 1. The van der Waals surface area contributed by atoms with Crippen LogP contribution in [0.2, 0.25) is 0 Å². The molecule has 0 atom stereocenters. The highest BCUT2D eigenvalue weighted by atomic mass is 32.1. The number of benzene rings is 1. The largest absolute Gasteiger partial charge is 0.397 e. The quantitative estimate of drug-likeness (QED) is 0.868. The van der Waals surface area contributed by atoms with Crippen LogP contribution in [-0.4, -0.2) is 12.8 Å². The van der Waals surface area contributed by atoms with E-state index in [1.54, 1.807) is 6.92 Å². The van der Waals surface area contributed by atoms with Crippen LogP contribution in [0.1, 0.15) is 27.7 Å². The van der Waals surface area contributed by atoms with Gasteiger partial charge in [0.1, 0.15) is 0 Å². The maximum Gasteiger partial charge on any atom is 0.171 e. The van der Waals surface area contributed by atoms with E-state index >= 15 is 0 Å². The highest BCUT2D eigenvalue weighted by Crippen LogP contribution is 2.32. The Labute approximate surface area is 117 Å². The van der Waals surface area contributed by atoms with Crippen LogP contribution in [0, 0.1) is 6.92 Å². The highest BCUT2D eigenvalue weighted by molar-refractivity contribution is 7.18. The Hall–Kier alpha value is -1.81. The monoisotopic (exact) mass is 274 g/mol. The second kappa shape index (κ2) is 5.45. The number of hydrogen-bond donors (Lipinski definition) is 1. The van der Waals surface area contributed by atoms with E-state index in [0.717, 1.165) is 11.5 Å². The lowest BCUT2D eigenvalue weighted by molar-refractivity contribution is 0.102. The van der Waals surface area contributed by atoms with Gasteiger partial charge in [-0.2, -0.15) is 0 Å². The van der Waals surface area contributed by atoms with Crippen molar-refractivity contribution in [1.29, 1.82) is 0 Å². The third kappa shape index (κ3) is 3.15. The van der Waals surface area contributed by atoms with Gasteiger partial charge < -0.3 is 10.6 Å². The predicted octanol–water partition coefficient (Wildman–Crippen LogP) is 3.48. The van der Waals surface area contributed by atoms with Crippen molar-refractivity contribution in [3.8, 4) is 0 Å². The summed E-state index contributed by atoms with van der Waals surface area (Å²) >= 11 is 1.45. The van der Waals surface area contributed by atoms with Gasteiger partial charge in [0.05, 0.1) is 15.6 Å². The molecule has 0 saturated carbocycles. The Balaban J connectivity index is 2.18. The molecule has 1 aromatic carbocycles. The van der Waals surface area contributed by atoms with E-state index in [1.807, 2.05) is 13.1 Å². The number of thiophene rings is 1. The van der Waals surface area contributed by atoms with E-state index in [1.165, 1.54) is 22.5 Å². The number of Topliss-reactive ketones (excluding diaryl/α,β-unsaturated/α-hetero) is 1. The van der Waals surface area contributed by atoms with Crippen molar-refractivity contribution in [2.45, 2.75) is 20.4 Å². The lowest BCUT2D eigenvalue weighted by Gasteiger charge is -2.17. The summed E-state index contributed by atoms with van der Waals surface area (Å²) < 4.78 is 0. The Morgan fingerprint density at radius 3 is 2.68 bits per heavy atom. The summed E-state index contributed by atoms with van der Waals surface area (Å²) in [6.07, 6.45) is 0. The summed E-state index contributed by atoms with van der Waals surface area (Å²) in [5.74, 6) is 0.0257. The number of nitrogens with two attached hydrogens (primary N) is 1. The van der Waals surface area contributed by atoms with Crippen LogP contribution < -0.4 is 10.6 Å². The van der Waals surface area contributed by atoms with Crippen molar-refractivity contribution < 1.29 is 4.79 Å². The molecule has 0 spiro atoms.